The molecule has 0 heterocycles. The number of nitriles is 1. The van der Waals surface area contributed by atoms with Crippen LogP contribution in [-0.2, 0) is 10.0 Å². The van der Waals surface area contributed by atoms with Gasteiger partial charge in [-0.05, 0) is 36.4 Å². The first-order valence-corrected chi connectivity index (χ1v) is 8.34. The molecular formula is C16H15N3O3S. The SMILES string of the molecule is N#CCCNS(=O)(=O)c1ccc(C(=O)Nc2ccccc2)cc1. The summed E-state index contributed by atoms with van der Waals surface area (Å²) >= 11 is 0. The summed E-state index contributed by atoms with van der Waals surface area (Å²) in [4.78, 5) is 12.1. The Balaban J connectivity index is 2.07. The van der Waals surface area contributed by atoms with Crippen LogP contribution >= 0.6 is 0 Å². The van der Waals surface area contributed by atoms with Gasteiger partial charge in [0, 0.05) is 24.2 Å². The number of benzene rings is 2. The van der Waals surface area contributed by atoms with Crippen LogP contribution < -0.4 is 10.0 Å². The van der Waals surface area contributed by atoms with E-state index in [-0.39, 0.29) is 23.8 Å². The predicted octanol–water partition coefficient (Wildman–Crippen LogP) is 2.13. The lowest BCUT2D eigenvalue weighted by Gasteiger charge is -2.07. The maximum atomic E-state index is 12.1. The van der Waals surface area contributed by atoms with Gasteiger partial charge >= 0.3 is 0 Å². The Labute approximate surface area is 134 Å². The van der Waals surface area contributed by atoms with Crippen LogP contribution in [0.15, 0.2) is 59.5 Å². The van der Waals surface area contributed by atoms with Gasteiger partial charge < -0.3 is 5.32 Å². The van der Waals surface area contributed by atoms with Crippen LogP contribution in [0.4, 0.5) is 5.69 Å². The fourth-order valence-corrected chi connectivity index (χ4v) is 2.87. The summed E-state index contributed by atoms with van der Waals surface area (Å²) in [5.41, 5.74) is 1.01. The van der Waals surface area contributed by atoms with Gasteiger partial charge in [0.1, 0.15) is 0 Å². The van der Waals surface area contributed by atoms with E-state index in [4.69, 9.17) is 5.26 Å². The van der Waals surface area contributed by atoms with Gasteiger partial charge in [0.25, 0.3) is 5.91 Å². The normalized spacial score (nSPS) is 10.7. The van der Waals surface area contributed by atoms with Crippen molar-refractivity contribution in [2.75, 3.05) is 11.9 Å². The molecule has 0 spiro atoms. The Kier molecular flexibility index (Phi) is 5.46. The molecule has 0 saturated heterocycles. The van der Waals surface area contributed by atoms with Crippen LogP contribution in [0.1, 0.15) is 16.8 Å². The number of anilines is 1. The number of nitrogens with zero attached hydrogens (tertiary/aromatic N) is 1. The van der Waals surface area contributed by atoms with Gasteiger partial charge in [0.15, 0.2) is 0 Å². The highest BCUT2D eigenvalue weighted by Crippen LogP contribution is 2.13. The molecule has 1 amide bonds. The molecule has 0 saturated carbocycles. The molecule has 2 aromatic rings. The van der Waals surface area contributed by atoms with E-state index in [1.807, 2.05) is 12.1 Å². The number of nitrogens with one attached hydrogen (secondary N) is 2. The van der Waals surface area contributed by atoms with E-state index < -0.39 is 10.0 Å². The second-order valence-corrected chi connectivity index (χ2v) is 6.42. The highest BCUT2D eigenvalue weighted by Gasteiger charge is 2.14. The van der Waals surface area contributed by atoms with E-state index in [0.717, 1.165) is 0 Å². The number of hydrogen-bond donors (Lipinski definition) is 2. The molecule has 0 fully saturated rings. The van der Waals surface area contributed by atoms with Crippen molar-refractivity contribution in [2.45, 2.75) is 11.3 Å². The first kappa shape index (κ1) is 16.7. The van der Waals surface area contributed by atoms with Crippen molar-refractivity contribution in [3.63, 3.8) is 0 Å². The summed E-state index contributed by atoms with van der Waals surface area (Å²) in [5, 5.41) is 11.1. The zero-order valence-corrected chi connectivity index (χ0v) is 13.0. The number of carbonyl (C=O) groups excluding carboxylic acids is 1. The summed E-state index contributed by atoms with van der Waals surface area (Å²) in [6.45, 7) is 0.0507. The average molecular weight is 329 g/mol. The Bertz CT molecular complexity index is 810. The summed E-state index contributed by atoms with van der Waals surface area (Å²) in [7, 11) is -3.67. The minimum absolute atomic E-state index is 0.0479. The first-order chi connectivity index (χ1) is 11.0. The second-order valence-electron chi connectivity index (χ2n) is 4.65. The van der Waals surface area contributed by atoms with Gasteiger partial charge in [-0.2, -0.15) is 5.26 Å². The van der Waals surface area contributed by atoms with Crippen molar-refractivity contribution in [1.82, 2.24) is 4.72 Å². The fraction of sp³-hybridized carbons (Fsp3) is 0.125. The third-order valence-electron chi connectivity index (χ3n) is 2.99. The van der Waals surface area contributed by atoms with Crippen LogP contribution in [0.25, 0.3) is 0 Å². The third kappa shape index (κ3) is 4.64. The van der Waals surface area contributed by atoms with E-state index in [1.165, 1.54) is 24.3 Å². The molecule has 0 atom stereocenters. The molecule has 7 heteroatoms. The number of carbonyl (C=O) groups is 1. The molecule has 118 valence electrons. The number of amides is 1. The smallest absolute Gasteiger partial charge is 0.255 e. The quantitative estimate of drug-likeness (QED) is 0.793. The maximum absolute atomic E-state index is 12.1. The van der Waals surface area contributed by atoms with Gasteiger partial charge in [-0.1, -0.05) is 18.2 Å². The van der Waals surface area contributed by atoms with E-state index in [2.05, 4.69) is 10.0 Å². The number of hydrogen-bond acceptors (Lipinski definition) is 4. The largest absolute Gasteiger partial charge is 0.322 e. The van der Waals surface area contributed by atoms with Crippen molar-refractivity contribution >= 4 is 21.6 Å². The molecule has 2 aromatic carbocycles. The fourth-order valence-electron chi connectivity index (χ4n) is 1.83. The number of rotatable bonds is 6. The average Bonchev–Trinajstić information content (AvgIpc) is 2.56. The minimum Gasteiger partial charge on any atom is -0.322 e. The van der Waals surface area contributed by atoms with Gasteiger partial charge in [-0.25, -0.2) is 13.1 Å². The van der Waals surface area contributed by atoms with E-state index in [0.29, 0.717) is 11.3 Å². The topological polar surface area (TPSA) is 99.1 Å². The van der Waals surface area contributed by atoms with Crippen molar-refractivity contribution < 1.29 is 13.2 Å². The van der Waals surface area contributed by atoms with Crippen molar-refractivity contribution in [3.8, 4) is 6.07 Å². The minimum atomic E-state index is -3.67. The highest BCUT2D eigenvalue weighted by molar-refractivity contribution is 7.89. The lowest BCUT2D eigenvalue weighted by molar-refractivity contribution is 0.102. The Morgan fingerprint density at radius 3 is 2.30 bits per heavy atom. The Morgan fingerprint density at radius 2 is 1.70 bits per heavy atom. The zero-order valence-electron chi connectivity index (χ0n) is 12.2. The van der Waals surface area contributed by atoms with Crippen molar-refractivity contribution in [2.24, 2.45) is 0 Å². The molecule has 0 aliphatic heterocycles. The number of para-hydroxylation sites is 1. The Morgan fingerprint density at radius 1 is 1.04 bits per heavy atom. The molecule has 23 heavy (non-hydrogen) atoms. The van der Waals surface area contributed by atoms with Crippen LogP contribution in [0.2, 0.25) is 0 Å². The summed E-state index contributed by atoms with van der Waals surface area (Å²) in [5.74, 6) is -0.322. The van der Waals surface area contributed by atoms with Crippen LogP contribution in [0.3, 0.4) is 0 Å². The molecule has 0 aliphatic rings. The predicted molar refractivity (Wildman–Crippen MR) is 86.3 cm³/mol. The summed E-state index contributed by atoms with van der Waals surface area (Å²) in [6.07, 6.45) is 0.0940. The monoisotopic (exact) mass is 329 g/mol. The lowest BCUT2D eigenvalue weighted by Crippen LogP contribution is -2.24. The second kappa shape index (κ2) is 7.54. The molecule has 0 unspecified atom stereocenters. The molecule has 2 N–H and O–H groups in total. The first-order valence-electron chi connectivity index (χ1n) is 6.86. The van der Waals surface area contributed by atoms with E-state index in [9.17, 15) is 13.2 Å². The van der Waals surface area contributed by atoms with E-state index in [1.54, 1.807) is 24.3 Å². The Hall–Kier alpha value is -2.69. The summed E-state index contributed by atoms with van der Waals surface area (Å²) < 4.78 is 26.2. The standard InChI is InChI=1S/C16H15N3O3S/c17-11-4-12-18-23(21,22)15-9-7-13(8-10-15)16(20)19-14-5-2-1-3-6-14/h1-3,5-10,18H,4,12H2,(H,19,20). The summed E-state index contributed by atoms with van der Waals surface area (Å²) in [6, 6.07) is 16.4. The molecule has 2 rings (SSSR count). The van der Waals surface area contributed by atoms with Crippen LogP contribution in [0, 0.1) is 11.3 Å². The van der Waals surface area contributed by atoms with Gasteiger partial charge in [0.05, 0.1) is 11.0 Å². The van der Waals surface area contributed by atoms with Crippen LogP contribution in [-0.4, -0.2) is 20.9 Å². The van der Waals surface area contributed by atoms with Gasteiger partial charge in [-0.3, -0.25) is 4.79 Å². The molecule has 0 radical (unpaired) electrons. The third-order valence-corrected chi connectivity index (χ3v) is 4.46. The number of sulfonamides is 1. The molecule has 0 bridgehead atoms. The molecule has 0 aliphatic carbocycles. The maximum Gasteiger partial charge on any atom is 0.255 e. The highest BCUT2D eigenvalue weighted by atomic mass is 32.2. The zero-order chi connectivity index (χ0) is 16.7. The molecule has 6 nitrogen and oxygen atoms in total. The molecule has 0 aromatic heterocycles. The van der Waals surface area contributed by atoms with Crippen LogP contribution in [0.5, 0.6) is 0 Å². The van der Waals surface area contributed by atoms with E-state index >= 15 is 0 Å². The van der Waals surface area contributed by atoms with Crippen molar-refractivity contribution in [3.05, 3.63) is 60.2 Å². The molecular weight excluding hydrogens is 314 g/mol. The van der Waals surface area contributed by atoms with Crippen molar-refractivity contribution in [1.29, 1.82) is 5.26 Å². The van der Waals surface area contributed by atoms with Gasteiger partial charge in [-0.15, -0.1) is 0 Å². The lowest BCUT2D eigenvalue weighted by atomic mass is 10.2. The van der Waals surface area contributed by atoms with Gasteiger partial charge in [0.2, 0.25) is 10.0 Å².